The maximum Gasteiger partial charge on any atom is 0.251 e. The van der Waals surface area contributed by atoms with Gasteiger partial charge in [0.1, 0.15) is 5.75 Å². The number of carbonyl (C=O) groups excluding carboxylic acids is 1. The molecule has 0 aromatic heterocycles. The predicted octanol–water partition coefficient (Wildman–Crippen LogP) is 1.20. The molecule has 1 rings (SSSR count). The number of aliphatic hydroxyl groups excluding tert-OH is 1. The third kappa shape index (κ3) is 3.24. The fourth-order valence-corrected chi connectivity index (χ4v) is 1.31. The van der Waals surface area contributed by atoms with E-state index in [0.717, 1.165) is 0 Å². The van der Waals surface area contributed by atoms with Crippen molar-refractivity contribution < 1.29 is 14.6 Å². The lowest BCUT2D eigenvalue weighted by molar-refractivity contribution is 0.0914. The number of hydrogen-bond acceptors (Lipinski definition) is 3. The number of nitrogens with one attached hydrogen (secondary N) is 1. The van der Waals surface area contributed by atoms with Crippen LogP contribution in [0.15, 0.2) is 24.3 Å². The topological polar surface area (TPSA) is 58.6 Å². The van der Waals surface area contributed by atoms with Crippen LogP contribution in [0.5, 0.6) is 5.75 Å². The maximum absolute atomic E-state index is 11.8. The molecule has 16 heavy (non-hydrogen) atoms. The molecule has 2 N–H and O–H groups in total. The normalized spacial score (nSPS) is 11.9. The van der Waals surface area contributed by atoms with Gasteiger partial charge in [-0.15, -0.1) is 0 Å². The minimum Gasteiger partial charge on any atom is -0.497 e. The summed E-state index contributed by atoms with van der Waals surface area (Å²) in [6.07, 6.45) is 0.701. The number of carbonyl (C=O) groups is 1. The van der Waals surface area contributed by atoms with E-state index in [1.165, 1.54) is 0 Å². The molecule has 0 saturated carbocycles. The molecule has 0 fully saturated rings. The third-order valence-corrected chi connectivity index (χ3v) is 2.38. The first kappa shape index (κ1) is 12.5. The first-order chi connectivity index (χ1) is 7.71. The summed E-state index contributed by atoms with van der Waals surface area (Å²) >= 11 is 0. The van der Waals surface area contributed by atoms with Gasteiger partial charge in [0, 0.05) is 5.56 Å². The van der Waals surface area contributed by atoms with Crippen molar-refractivity contribution >= 4 is 5.91 Å². The van der Waals surface area contributed by atoms with Gasteiger partial charge >= 0.3 is 0 Å². The Hall–Kier alpha value is -1.55. The molecule has 0 aliphatic heterocycles. The van der Waals surface area contributed by atoms with Gasteiger partial charge in [0.05, 0.1) is 19.8 Å². The lowest BCUT2D eigenvalue weighted by Gasteiger charge is -2.14. The molecule has 4 heteroatoms. The summed E-state index contributed by atoms with van der Waals surface area (Å²) in [6.45, 7) is 1.86. The molecular weight excluding hydrogens is 206 g/mol. The fraction of sp³-hybridized carbons (Fsp3) is 0.417. The zero-order valence-electron chi connectivity index (χ0n) is 9.56. The fourth-order valence-electron chi connectivity index (χ4n) is 1.31. The molecule has 0 aliphatic carbocycles. The lowest BCUT2D eigenvalue weighted by Crippen LogP contribution is -2.36. The van der Waals surface area contributed by atoms with Crippen LogP contribution in [0, 0.1) is 0 Å². The first-order valence-electron chi connectivity index (χ1n) is 5.27. The molecule has 0 radical (unpaired) electrons. The Bertz CT molecular complexity index is 348. The van der Waals surface area contributed by atoms with Gasteiger partial charge in [-0.2, -0.15) is 0 Å². The van der Waals surface area contributed by atoms with Crippen molar-refractivity contribution in [2.24, 2.45) is 0 Å². The number of rotatable bonds is 5. The van der Waals surface area contributed by atoms with Gasteiger partial charge in [0.25, 0.3) is 5.91 Å². The third-order valence-electron chi connectivity index (χ3n) is 2.38. The minimum absolute atomic E-state index is 0.0494. The second-order valence-corrected chi connectivity index (χ2v) is 3.49. The summed E-state index contributed by atoms with van der Waals surface area (Å²) in [5.74, 6) is 0.449. The Morgan fingerprint density at radius 3 is 2.88 bits per heavy atom. The average Bonchev–Trinajstić information content (AvgIpc) is 2.35. The first-order valence-corrected chi connectivity index (χ1v) is 5.27. The molecule has 0 saturated heterocycles. The van der Waals surface area contributed by atoms with Crippen LogP contribution in [-0.2, 0) is 0 Å². The van der Waals surface area contributed by atoms with Crippen molar-refractivity contribution in [3.63, 3.8) is 0 Å². The van der Waals surface area contributed by atoms with E-state index in [1.807, 2.05) is 6.92 Å². The molecule has 0 bridgehead atoms. The molecule has 0 spiro atoms. The van der Waals surface area contributed by atoms with Crippen molar-refractivity contribution in [1.82, 2.24) is 5.32 Å². The molecular formula is C12H17NO3. The van der Waals surface area contributed by atoms with Gasteiger partial charge in [-0.25, -0.2) is 0 Å². The molecule has 1 amide bonds. The summed E-state index contributed by atoms with van der Waals surface area (Å²) in [7, 11) is 1.56. The largest absolute Gasteiger partial charge is 0.497 e. The summed E-state index contributed by atoms with van der Waals surface area (Å²) in [5, 5.41) is 11.7. The van der Waals surface area contributed by atoms with Crippen molar-refractivity contribution in [3.05, 3.63) is 29.8 Å². The summed E-state index contributed by atoms with van der Waals surface area (Å²) in [4.78, 5) is 11.8. The van der Waals surface area contributed by atoms with Crippen molar-refractivity contribution in [3.8, 4) is 5.75 Å². The highest BCUT2D eigenvalue weighted by molar-refractivity contribution is 5.94. The Kier molecular flexibility index (Phi) is 4.79. The zero-order valence-corrected chi connectivity index (χ0v) is 9.56. The van der Waals surface area contributed by atoms with Gasteiger partial charge in [-0.05, 0) is 24.6 Å². The van der Waals surface area contributed by atoms with E-state index in [4.69, 9.17) is 9.84 Å². The van der Waals surface area contributed by atoms with E-state index in [-0.39, 0.29) is 18.6 Å². The maximum atomic E-state index is 11.8. The number of hydrogen-bond donors (Lipinski definition) is 2. The quantitative estimate of drug-likeness (QED) is 0.788. The summed E-state index contributed by atoms with van der Waals surface area (Å²) < 4.78 is 5.03. The van der Waals surface area contributed by atoms with Gasteiger partial charge in [-0.1, -0.05) is 13.0 Å². The zero-order chi connectivity index (χ0) is 12.0. The Labute approximate surface area is 95.2 Å². The molecule has 1 aromatic carbocycles. The summed E-state index contributed by atoms with van der Waals surface area (Å²) in [5.41, 5.74) is 0.534. The van der Waals surface area contributed by atoms with E-state index in [0.29, 0.717) is 17.7 Å². The highest BCUT2D eigenvalue weighted by atomic mass is 16.5. The SMILES string of the molecule is CC[C@H](CO)NC(=O)c1cccc(OC)c1. The summed E-state index contributed by atoms with van der Waals surface area (Å²) in [6, 6.07) is 6.72. The Balaban J connectivity index is 2.72. The predicted molar refractivity (Wildman–Crippen MR) is 61.6 cm³/mol. The molecule has 0 heterocycles. The van der Waals surface area contributed by atoms with Crippen LogP contribution in [0.2, 0.25) is 0 Å². The molecule has 1 atom stereocenters. The van der Waals surface area contributed by atoms with Crippen molar-refractivity contribution in [2.45, 2.75) is 19.4 Å². The minimum atomic E-state index is -0.196. The molecule has 4 nitrogen and oxygen atoms in total. The van der Waals surface area contributed by atoms with Crippen LogP contribution < -0.4 is 10.1 Å². The van der Waals surface area contributed by atoms with Crippen molar-refractivity contribution in [1.29, 1.82) is 0 Å². The van der Waals surface area contributed by atoms with E-state index < -0.39 is 0 Å². The van der Waals surface area contributed by atoms with Crippen LogP contribution in [0.3, 0.4) is 0 Å². The standard InChI is InChI=1S/C12H17NO3/c1-3-10(8-14)13-12(15)9-5-4-6-11(7-9)16-2/h4-7,10,14H,3,8H2,1-2H3,(H,13,15)/t10-/m1/s1. The van der Waals surface area contributed by atoms with E-state index in [1.54, 1.807) is 31.4 Å². The monoisotopic (exact) mass is 223 g/mol. The van der Waals surface area contributed by atoms with Gasteiger partial charge < -0.3 is 15.2 Å². The highest BCUT2D eigenvalue weighted by Crippen LogP contribution is 2.12. The average molecular weight is 223 g/mol. The van der Waals surface area contributed by atoms with Crippen LogP contribution in [0.1, 0.15) is 23.7 Å². The smallest absolute Gasteiger partial charge is 0.251 e. The van der Waals surface area contributed by atoms with Crippen LogP contribution in [0.25, 0.3) is 0 Å². The Morgan fingerprint density at radius 2 is 2.31 bits per heavy atom. The Morgan fingerprint density at radius 1 is 1.56 bits per heavy atom. The molecule has 1 aromatic rings. The number of aliphatic hydroxyl groups is 1. The second kappa shape index (κ2) is 6.12. The van der Waals surface area contributed by atoms with Gasteiger partial charge in [0.2, 0.25) is 0 Å². The second-order valence-electron chi connectivity index (χ2n) is 3.49. The number of methoxy groups -OCH3 is 1. The van der Waals surface area contributed by atoms with E-state index in [2.05, 4.69) is 5.32 Å². The van der Waals surface area contributed by atoms with E-state index >= 15 is 0 Å². The molecule has 0 unspecified atom stereocenters. The van der Waals surface area contributed by atoms with Crippen LogP contribution in [-0.4, -0.2) is 30.8 Å². The van der Waals surface area contributed by atoms with Gasteiger partial charge in [0.15, 0.2) is 0 Å². The van der Waals surface area contributed by atoms with Crippen LogP contribution in [0.4, 0.5) is 0 Å². The molecule has 88 valence electrons. The van der Waals surface area contributed by atoms with Gasteiger partial charge in [-0.3, -0.25) is 4.79 Å². The highest BCUT2D eigenvalue weighted by Gasteiger charge is 2.11. The van der Waals surface area contributed by atoms with E-state index in [9.17, 15) is 4.79 Å². The lowest BCUT2D eigenvalue weighted by atomic mass is 10.1. The number of benzene rings is 1. The number of amides is 1. The number of ether oxygens (including phenoxy) is 1. The molecule has 0 aliphatic rings. The van der Waals surface area contributed by atoms with Crippen LogP contribution >= 0.6 is 0 Å². The van der Waals surface area contributed by atoms with Crippen molar-refractivity contribution in [2.75, 3.05) is 13.7 Å².